The van der Waals surface area contributed by atoms with Crippen LogP contribution in [0, 0.1) is 0 Å². The van der Waals surface area contributed by atoms with Gasteiger partial charge in [-0.3, -0.25) is 15.0 Å². The number of alkyl halides is 3. The first kappa shape index (κ1) is 22.3. The van der Waals surface area contributed by atoms with Crippen LogP contribution in [0.25, 0.3) is 11.3 Å². The van der Waals surface area contributed by atoms with E-state index in [9.17, 15) is 22.8 Å². The van der Waals surface area contributed by atoms with E-state index in [1.165, 1.54) is 23.2 Å². The van der Waals surface area contributed by atoms with Crippen molar-refractivity contribution in [2.75, 3.05) is 28.7 Å². The second-order valence-electron chi connectivity index (χ2n) is 7.63. The highest BCUT2D eigenvalue weighted by Gasteiger charge is 2.35. The van der Waals surface area contributed by atoms with E-state index in [1.54, 1.807) is 49.2 Å². The van der Waals surface area contributed by atoms with Crippen molar-refractivity contribution in [1.29, 1.82) is 0 Å². The van der Waals surface area contributed by atoms with Crippen LogP contribution in [0.1, 0.15) is 12.5 Å². The number of Topliss-reactive ketones (excluding diaryl/α,β-unsaturated/α-hetero) is 1. The first-order chi connectivity index (χ1) is 15.6. The molecule has 3 heterocycles. The zero-order chi connectivity index (χ0) is 23.8. The zero-order valence-corrected chi connectivity index (χ0v) is 17.8. The molecule has 1 aromatic carbocycles. The zero-order valence-electron chi connectivity index (χ0n) is 17.8. The van der Waals surface area contributed by atoms with Crippen LogP contribution in [0.15, 0.2) is 60.8 Å². The van der Waals surface area contributed by atoms with Gasteiger partial charge in [0.2, 0.25) is 0 Å². The molecule has 0 bridgehead atoms. The highest BCUT2D eigenvalue weighted by atomic mass is 19.4. The number of carbonyl (C=O) groups is 2. The van der Waals surface area contributed by atoms with Crippen molar-refractivity contribution in [3.05, 3.63) is 66.4 Å². The minimum atomic E-state index is -4.50. The van der Waals surface area contributed by atoms with Gasteiger partial charge in [-0.1, -0.05) is 18.2 Å². The lowest BCUT2D eigenvalue weighted by molar-refractivity contribution is -0.137. The number of hydrogen-bond acceptors (Lipinski definition) is 5. The second kappa shape index (κ2) is 8.53. The minimum Gasteiger partial charge on any atom is -0.364 e. The summed E-state index contributed by atoms with van der Waals surface area (Å²) in [5.74, 6) is 0.238. The number of anilines is 3. The smallest absolute Gasteiger partial charge is 0.364 e. The van der Waals surface area contributed by atoms with Crippen molar-refractivity contribution in [2.45, 2.75) is 19.1 Å². The van der Waals surface area contributed by atoms with Crippen molar-refractivity contribution in [2.24, 2.45) is 0 Å². The lowest BCUT2D eigenvalue weighted by atomic mass is 10.1. The molecular weight excluding hydrogens is 435 g/mol. The van der Waals surface area contributed by atoms with Gasteiger partial charge in [0.05, 0.1) is 29.5 Å². The Labute approximate surface area is 187 Å². The number of nitrogens with zero attached hydrogens (tertiary/aromatic N) is 4. The Bertz CT molecular complexity index is 1200. The van der Waals surface area contributed by atoms with Crippen LogP contribution in [0.2, 0.25) is 0 Å². The number of likely N-dealkylation sites (N-methyl/N-ethyl adjacent to an activating group) is 1. The van der Waals surface area contributed by atoms with Gasteiger partial charge < -0.3 is 4.90 Å². The normalized spacial score (nSPS) is 16.3. The molecule has 0 aliphatic carbocycles. The Kier molecular flexibility index (Phi) is 5.75. The molecular formula is C23H20F3N5O2. The van der Waals surface area contributed by atoms with E-state index in [-0.39, 0.29) is 35.2 Å². The molecule has 1 aliphatic heterocycles. The molecule has 1 atom stereocenters. The Morgan fingerprint density at radius 1 is 1.12 bits per heavy atom. The molecule has 170 valence electrons. The Morgan fingerprint density at radius 2 is 1.91 bits per heavy atom. The summed E-state index contributed by atoms with van der Waals surface area (Å²) in [5, 5.41) is 2.65. The number of ketones is 1. The van der Waals surface area contributed by atoms with Crippen LogP contribution in [0.4, 0.5) is 35.3 Å². The average molecular weight is 455 g/mol. The molecule has 2 amide bonds. The maximum absolute atomic E-state index is 13.2. The second-order valence-corrected chi connectivity index (χ2v) is 7.63. The van der Waals surface area contributed by atoms with Gasteiger partial charge in [0.15, 0.2) is 11.6 Å². The number of amides is 2. The molecule has 0 unspecified atom stereocenters. The van der Waals surface area contributed by atoms with E-state index in [0.29, 0.717) is 5.69 Å². The van der Waals surface area contributed by atoms with Gasteiger partial charge in [0.25, 0.3) is 0 Å². The molecule has 1 N–H and O–H groups in total. The summed E-state index contributed by atoms with van der Waals surface area (Å²) in [6, 6.07) is 11.5. The van der Waals surface area contributed by atoms with Crippen LogP contribution in [0.5, 0.6) is 0 Å². The van der Waals surface area contributed by atoms with Crippen LogP contribution < -0.4 is 15.1 Å². The predicted octanol–water partition coefficient (Wildman–Crippen LogP) is 4.61. The van der Waals surface area contributed by atoms with E-state index in [0.717, 1.165) is 12.1 Å². The number of rotatable bonds is 2. The molecule has 2 aromatic heterocycles. The molecule has 0 saturated carbocycles. The topological polar surface area (TPSA) is 78.4 Å². The van der Waals surface area contributed by atoms with Crippen molar-refractivity contribution in [1.82, 2.24) is 9.97 Å². The summed E-state index contributed by atoms with van der Waals surface area (Å²) in [4.78, 5) is 37.4. The lowest BCUT2D eigenvalue weighted by Crippen LogP contribution is -2.46. The fraction of sp³-hybridized carbons (Fsp3) is 0.217. The van der Waals surface area contributed by atoms with E-state index in [2.05, 4.69) is 15.3 Å². The first-order valence-electron chi connectivity index (χ1n) is 10.1. The molecule has 0 radical (unpaired) electrons. The third kappa shape index (κ3) is 4.50. The number of urea groups is 1. The van der Waals surface area contributed by atoms with Gasteiger partial charge in [-0.2, -0.15) is 13.2 Å². The lowest BCUT2D eigenvalue weighted by Gasteiger charge is -2.27. The van der Waals surface area contributed by atoms with Gasteiger partial charge in [0, 0.05) is 18.8 Å². The summed E-state index contributed by atoms with van der Waals surface area (Å²) < 4.78 is 39.6. The Hall–Kier alpha value is -3.95. The summed E-state index contributed by atoms with van der Waals surface area (Å²) in [7, 11) is 1.69. The SMILES string of the molecule is C[C@@H]1C(=O)CN(C)c2ccc(-c3cccc(C(F)(F)F)c3)nc2N1C(=O)Nc1ccccn1. The van der Waals surface area contributed by atoms with Crippen molar-refractivity contribution in [3.63, 3.8) is 0 Å². The van der Waals surface area contributed by atoms with Gasteiger partial charge in [0.1, 0.15) is 5.82 Å². The number of hydrogen-bond donors (Lipinski definition) is 1. The molecule has 3 aromatic rings. The molecule has 33 heavy (non-hydrogen) atoms. The van der Waals surface area contributed by atoms with Gasteiger partial charge >= 0.3 is 12.2 Å². The van der Waals surface area contributed by atoms with E-state index in [4.69, 9.17) is 0 Å². The Morgan fingerprint density at radius 3 is 2.61 bits per heavy atom. The maximum Gasteiger partial charge on any atom is 0.416 e. The van der Waals surface area contributed by atoms with Crippen molar-refractivity contribution >= 4 is 29.1 Å². The Balaban J connectivity index is 1.80. The third-order valence-electron chi connectivity index (χ3n) is 5.34. The number of carbonyl (C=O) groups excluding carboxylic acids is 2. The molecule has 0 fully saturated rings. The standard InChI is InChI=1S/C23H20F3N5O2/c1-14-19(32)13-30(2)18-10-9-17(15-6-5-7-16(12-15)23(24,25)26)28-21(18)31(14)22(33)29-20-8-3-4-11-27-20/h3-12,14H,13H2,1-2H3,(H,27,29,33)/t14-/m1/s1. The monoisotopic (exact) mass is 455 g/mol. The summed E-state index contributed by atoms with van der Waals surface area (Å²) in [6.45, 7) is 1.63. The van der Waals surface area contributed by atoms with Crippen LogP contribution in [0.3, 0.4) is 0 Å². The number of benzene rings is 1. The highest BCUT2D eigenvalue weighted by Crippen LogP contribution is 2.36. The average Bonchev–Trinajstić information content (AvgIpc) is 2.87. The fourth-order valence-electron chi connectivity index (χ4n) is 3.59. The fourth-order valence-corrected chi connectivity index (χ4v) is 3.59. The molecule has 1 aliphatic rings. The number of pyridine rings is 2. The van der Waals surface area contributed by atoms with Gasteiger partial charge in [-0.25, -0.2) is 14.8 Å². The summed E-state index contributed by atoms with van der Waals surface area (Å²) >= 11 is 0. The molecule has 0 spiro atoms. The maximum atomic E-state index is 13.2. The number of nitrogens with one attached hydrogen (secondary N) is 1. The van der Waals surface area contributed by atoms with Crippen molar-refractivity contribution < 1.29 is 22.8 Å². The third-order valence-corrected chi connectivity index (χ3v) is 5.34. The molecule has 4 rings (SSSR count). The molecule has 0 saturated heterocycles. The number of aromatic nitrogens is 2. The summed E-state index contributed by atoms with van der Waals surface area (Å²) in [6.07, 6.45) is -2.99. The van der Waals surface area contributed by atoms with Crippen LogP contribution in [-0.4, -0.2) is 41.4 Å². The van der Waals surface area contributed by atoms with Gasteiger partial charge in [-0.15, -0.1) is 0 Å². The molecule has 7 nitrogen and oxygen atoms in total. The minimum absolute atomic E-state index is 0.0477. The number of fused-ring (bicyclic) bond motifs is 1. The van der Waals surface area contributed by atoms with E-state index >= 15 is 0 Å². The van der Waals surface area contributed by atoms with E-state index in [1.807, 2.05) is 0 Å². The van der Waals surface area contributed by atoms with E-state index < -0.39 is 23.8 Å². The van der Waals surface area contributed by atoms with Crippen LogP contribution in [-0.2, 0) is 11.0 Å². The van der Waals surface area contributed by atoms with Gasteiger partial charge in [-0.05, 0) is 43.3 Å². The molecule has 10 heteroatoms. The summed E-state index contributed by atoms with van der Waals surface area (Å²) in [5.41, 5.74) is 0.177. The first-order valence-corrected chi connectivity index (χ1v) is 10.1. The largest absolute Gasteiger partial charge is 0.416 e. The quantitative estimate of drug-likeness (QED) is 0.611. The highest BCUT2D eigenvalue weighted by molar-refractivity contribution is 6.09. The van der Waals surface area contributed by atoms with Crippen LogP contribution >= 0.6 is 0 Å². The number of halogens is 3. The van der Waals surface area contributed by atoms with Crippen molar-refractivity contribution in [3.8, 4) is 11.3 Å². The predicted molar refractivity (Wildman–Crippen MR) is 118 cm³/mol.